The number of benzene rings is 2. The minimum Gasteiger partial charge on any atom is -0.488 e. The number of urea groups is 1. The molecule has 3 rings (SSSR count). The van der Waals surface area contributed by atoms with Gasteiger partial charge in [0.05, 0.1) is 10.7 Å². The highest BCUT2D eigenvalue weighted by molar-refractivity contribution is 6.38. The maximum absolute atomic E-state index is 11.9. The minimum absolute atomic E-state index is 0.0136. The summed E-state index contributed by atoms with van der Waals surface area (Å²) in [4.78, 5) is 16.1. The summed E-state index contributed by atoms with van der Waals surface area (Å²) in [5, 5.41) is 8.23. The molecule has 3 aromatic rings. The summed E-state index contributed by atoms with van der Waals surface area (Å²) in [5.74, 6) is 0.706. The van der Waals surface area contributed by atoms with Crippen LogP contribution in [0.3, 0.4) is 0 Å². The van der Waals surface area contributed by atoms with Gasteiger partial charge in [-0.1, -0.05) is 35.3 Å². The second-order valence-electron chi connectivity index (χ2n) is 6.28. The second-order valence-corrected chi connectivity index (χ2v) is 7.07. The number of anilines is 1. The summed E-state index contributed by atoms with van der Waals surface area (Å²) in [5.41, 5.74) is 1.08. The Kier molecular flexibility index (Phi) is 6.04. The fraction of sp³-hybridized carbons (Fsp3) is 0.200. The van der Waals surface area contributed by atoms with Crippen LogP contribution in [0.1, 0.15) is 19.4 Å². The summed E-state index contributed by atoms with van der Waals surface area (Å²) < 4.78 is 5.97. The topological polar surface area (TPSA) is 63.2 Å². The number of aromatic nitrogens is 1. The molecule has 1 heterocycles. The number of hydrogen-bond acceptors (Lipinski definition) is 3. The van der Waals surface area contributed by atoms with Crippen molar-refractivity contribution in [3.05, 3.63) is 64.4 Å². The Hall–Kier alpha value is -2.50. The van der Waals surface area contributed by atoms with Crippen molar-refractivity contribution in [1.82, 2.24) is 10.3 Å². The van der Waals surface area contributed by atoms with Crippen molar-refractivity contribution in [3.63, 3.8) is 0 Å². The number of carbonyl (C=O) groups excluding carboxylic acids is 1. The molecule has 27 heavy (non-hydrogen) atoms. The van der Waals surface area contributed by atoms with Gasteiger partial charge in [-0.05, 0) is 38.1 Å². The second kappa shape index (κ2) is 8.46. The molecule has 7 heteroatoms. The normalized spacial score (nSPS) is 10.9. The molecule has 5 nitrogen and oxygen atoms in total. The van der Waals surface area contributed by atoms with Gasteiger partial charge in [0.25, 0.3) is 0 Å². The highest BCUT2D eigenvalue weighted by atomic mass is 35.5. The highest BCUT2D eigenvalue weighted by Crippen LogP contribution is 2.33. The third-order valence-corrected chi connectivity index (χ3v) is 4.65. The van der Waals surface area contributed by atoms with E-state index >= 15 is 0 Å². The predicted octanol–water partition coefficient (Wildman–Crippen LogP) is 5.65. The van der Waals surface area contributed by atoms with E-state index in [0.717, 1.165) is 10.8 Å². The van der Waals surface area contributed by atoms with Crippen LogP contribution in [0.25, 0.3) is 10.8 Å². The van der Waals surface area contributed by atoms with Crippen molar-refractivity contribution in [2.24, 2.45) is 0 Å². The molecule has 0 aliphatic heterocycles. The van der Waals surface area contributed by atoms with E-state index in [1.54, 1.807) is 24.5 Å². The number of fused-ring (bicyclic) bond motifs is 1. The minimum atomic E-state index is -0.331. The fourth-order valence-corrected chi connectivity index (χ4v) is 3.14. The monoisotopic (exact) mass is 403 g/mol. The first kappa shape index (κ1) is 19.3. The van der Waals surface area contributed by atoms with Crippen LogP contribution in [0.2, 0.25) is 10.0 Å². The molecule has 0 aliphatic rings. The van der Waals surface area contributed by atoms with Gasteiger partial charge in [-0.15, -0.1) is 0 Å². The summed E-state index contributed by atoms with van der Waals surface area (Å²) in [6.45, 7) is 3.92. The van der Waals surface area contributed by atoms with E-state index in [4.69, 9.17) is 27.9 Å². The van der Waals surface area contributed by atoms with E-state index in [0.29, 0.717) is 27.0 Å². The van der Waals surface area contributed by atoms with Crippen LogP contribution in [0.4, 0.5) is 10.5 Å². The lowest BCUT2D eigenvalue weighted by Gasteiger charge is -2.15. The SMILES string of the molecule is CC(C)NC(=O)Nc1ccc(Cl)c(COc2cccc3cnccc23)c1Cl. The molecule has 1 aromatic heterocycles. The average molecular weight is 404 g/mol. The molecule has 0 bridgehead atoms. The molecular weight excluding hydrogens is 385 g/mol. The van der Waals surface area contributed by atoms with E-state index < -0.39 is 0 Å². The van der Waals surface area contributed by atoms with Crippen LogP contribution < -0.4 is 15.4 Å². The fourth-order valence-electron chi connectivity index (χ4n) is 2.62. The van der Waals surface area contributed by atoms with Gasteiger partial charge >= 0.3 is 6.03 Å². The van der Waals surface area contributed by atoms with Crippen molar-refractivity contribution in [2.75, 3.05) is 5.32 Å². The highest BCUT2D eigenvalue weighted by Gasteiger charge is 2.14. The largest absolute Gasteiger partial charge is 0.488 e. The summed E-state index contributed by atoms with van der Waals surface area (Å²) in [6.07, 6.45) is 3.49. The van der Waals surface area contributed by atoms with Crippen LogP contribution in [0.15, 0.2) is 48.8 Å². The molecule has 0 aliphatic carbocycles. The number of hydrogen-bond donors (Lipinski definition) is 2. The number of pyridine rings is 1. The van der Waals surface area contributed by atoms with Gasteiger partial charge in [0.1, 0.15) is 12.4 Å². The molecule has 0 saturated heterocycles. The van der Waals surface area contributed by atoms with Crippen LogP contribution in [0, 0.1) is 0 Å². The van der Waals surface area contributed by atoms with Crippen LogP contribution in [-0.4, -0.2) is 17.1 Å². The maximum Gasteiger partial charge on any atom is 0.319 e. The van der Waals surface area contributed by atoms with Crippen LogP contribution in [0.5, 0.6) is 5.75 Å². The molecule has 2 aromatic carbocycles. The quantitative estimate of drug-likeness (QED) is 0.578. The van der Waals surface area contributed by atoms with E-state index in [9.17, 15) is 4.79 Å². The van der Waals surface area contributed by atoms with Gasteiger partial charge in [-0.25, -0.2) is 4.79 Å². The Morgan fingerprint density at radius 1 is 1.19 bits per heavy atom. The number of nitrogens with zero attached hydrogens (tertiary/aromatic N) is 1. The van der Waals surface area contributed by atoms with Gasteiger partial charge in [-0.3, -0.25) is 4.98 Å². The molecule has 2 amide bonds. The Morgan fingerprint density at radius 2 is 2.00 bits per heavy atom. The molecule has 2 N–H and O–H groups in total. The number of ether oxygens (including phenoxy) is 1. The smallest absolute Gasteiger partial charge is 0.319 e. The van der Waals surface area contributed by atoms with E-state index in [1.165, 1.54) is 0 Å². The molecule has 0 unspecified atom stereocenters. The summed E-state index contributed by atoms with van der Waals surface area (Å²) >= 11 is 12.8. The van der Waals surface area contributed by atoms with Crippen molar-refractivity contribution in [2.45, 2.75) is 26.5 Å². The lowest BCUT2D eigenvalue weighted by molar-refractivity contribution is 0.250. The third kappa shape index (κ3) is 4.62. The first-order valence-electron chi connectivity index (χ1n) is 8.45. The molecule has 0 spiro atoms. The van der Waals surface area contributed by atoms with E-state index in [2.05, 4.69) is 15.6 Å². The van der Waals surface area contributed by atoms with Gasteiger partial charge in [0, 0.05) is 39.8 Å². The summed E-state index contributed by atoms with van der Waals surface area (Å²) in [6, 6.07) is 10.7. The predicted molar refractivity (Wildman–Crippen MR) is 110 cm³/mol. The first-order chi connectivity index (χ1) is 13.0. The molecule has 0 radical (unpaired) electrons. The number of carbonyl (C=O) groups is 1. The van der Waals surface area contributed by atoms with Crippen molar-refractivity contribution >= 4 is 45.7 Å². The number of halogens is 2. The zero-order valence-corrected chi connectivity index (χ0v) is 16.4. The molecular formula is C20H19Cl2N3O2. The third-order valence-electron chi connectivity index (χ3n) is 3.87. The molecule has 140 valence electrons. The Morgan fingerprint density at radius 3 is 2.78 bits per heavy atom. The van der Waals surface area contributed by atoms with Gasteiger partial charge < -0.3 is 15.4 Å². The standard InChI is InChI=1S/C20H19Cl2N3O2/c1-12(2)24-20(26)25-17-7-6-16(21)15(19(17)22)11-27-18-5-3-4-13-10-23-9-8-14(13)18/h3-10,12H,11H2,1-2H3,(H2,24,25,26). The number of rotatable bonds is 5. The zero-order valence-electron chi connectivity index (χ0n) is 14.9. The van der Waals surface area contributed by atoms with Crippen LogP contribution >= 0.6 is 23.2 Å². The van der Waals surface area contributed by atoms with Crippen LogP contribution in [-0.2, 0) is 6.61 Å². The number of amides is 2. The van der Waals surface area contributed by atoms with Crippen molar-refractivity contribution < 1.29 is 9.53 Å². The zero-order chi connectivity index (χ0) is 19.4. The Labute approximate surface area is 167 Å². The van der Waals surface area contributed by atoms with Gasteiger partial charge in [-0.2, -0.15) is 0 Å². The Bertz CT molecular complexity index is 971. The van der Waals surface area contributed by atoms with Crippen molar-refractivity contribution in [3.8, 4) is 5.75 Å². The molecule has 0 saturated carbocycles. The molecule has 0 atom stereocenters. The molecule has 0 fully saturated rings. The first-order valence-corrected chi connectivity index (χ1v) is 9.21. The van der Waals surface area contributed by atoms with Gasteiger partial charge in [0.15, 0.2) is 0 Å². The van der Waals surface area contributed by atoms with Gasteiger partial charge in [0.2, 0.25) is 0 Å². The summed E-state index contributed by atoms with van der Waals surface area (Å²) in [7, 11) is 0. The lowest BCUT2D eigenvalue weighted by atomic mass is 10.1. The maximum atomic E-state index is 11.9. The Balaban J connectivity index is 1.82. The van der Waals surface area contributed by atoms with E-state index in [1.807, 2.05) is 38.1 Å². The lowest BCUT2D eigenvalue weighted by Crippen LogP contribution is -2.34. The van der Waals surface area contributed by atoms with E-state index in [-0.39, 0.29) is 18.7 Å². The average Bonchev–Trinajstić information content (AvgIpc) is 2.63. The van der Waals surface area contributed by atoms with Crippen molar-refractivity contribution in [1.29, 1.82) is 0 Å². The number of nitrogens with one attached hydrogen (secondary N) is 2.